The molecule has 0 aliphatic carbocycles. The first-order chi connectivity index (χ1) is 16.6. The standard InChI is InChI=1S/C30H56O4/c1-5-9-13-16-18-21-25-33-29(31)27(23-12-8-4)28(24-20-15-11-7-3)30(32)34-26-22-19-17-14-10-6-2/h5-26H2,1-4H3/b28-27-. The molecule has 0 aliphatic rings. The van der Waals surface area contributed by atoms with Gasteiger partial charge in [-0.15, -0.1) is 0 Å². The molecule has 0 fully saturated rings. The molecule has 0 amide bonds. The highest BCUT2D eigenvalue weighted by atomic mass is 16.5. The van der Waals surface area contributed by atoms with Crippen molar-refractivity contribution in [3.8, 4) is 0 Å². The predicted octanol–water partition coefficient (Wildman–Crippen LogP) is 9.25. The van der Waals surface area contributed by atoms with Gasteiger partial charge in [-0.2, -0.15) is 0 Å². The topological polar surface area (TPSA) is 52.6 Å². The Balaban J connectivity index is 5.01. The molecule has 0 rings (SSSR count). The average molecular weight is 481 g/mol. The van der Waals surface area contributed by atoms with E-state index in [1.165, 1.54) is 51.4 Å². The summed E-state index contributed by atoms with van der Waals surface area (Å²) in [5.41, 5.74) is 1.14. The fraction of sp³-hybridized carbons (Fsp3) is 0.867. The lowest BCUT2D eigenvalue weighted by atomic mass is 9.97. The van der Waals surface area contributed by atoms with Gasteiger partial charge in [-0.3, -0.25) is 0 Å². The summed E-state index contributed by atoms with van der Waals surface area (Å²) >= 11 is 0. The summed E-state index contributed by atoms with van der Waals surface area (Å²) in [5.74, 6) is -0.600. The normalized spacial score (nSPS) is 11.9. The van der Waals surface area contributed by atoms with Crippen LogP contribution in [0.15, 0.2) is 11.1 Å². The van der Waals surface area contributed by atoms with Gasteiger partial charge in [-0.05, 0) is 38.5 Å². The van der Waals surface area contributed by atoms with Crippen LogP contribution in [0.3, 0.4) is 0 Å². The summed E-state index contributed by atoms with van der Waals surface area (Å²) in [6.45, 7) is 9.60. The van der Waals surface area contributed by atoms with Crippen molar-refractivity contribution in [2.24, 2.45) is 0 Å². The molecule has 0 N–H and O–H groups in total. The summed E-state index contributed by atoms with van der Waals surface area (Å²) in [4.78, 5) is 26.0. The van der Waals surface area contributed by atoms with Crippen molar-refractivity contribution in [2.45, 2.75) is 156 Å². The Morgan fingerprint density at radius 1 is 0.412 bits per heavy atom. The van der Waals surface area contributed by atoms with E-state index < -0.39 is 0 Å². The Labute approximate surface area is 211 Å². The highest BCUT2D eigenvalue weighted by molar-refractivity contribution is 6.00. The Morgan fingerprint density at radius 3 is 1.15 bits per heavy atom. The lowest BCUT2D eigenvalue weighted by molar-refractivity contribution is -0.142. The van der Waals surface area contributed by atoms with Gasteiger partial charge in [0.05, 0.1) is 13.2 Å². The van der Waals surface area contributed by atoms with Crippen LogP contribution >= 0.6 is 0 Å². The van der Waals surface area contributed by atoms with Crippen molar-refractivity contribution in [1.82, 2.24) is 0 Å². The van der Waals surface area contributed by atoms with Gasteiger partial charge in [0.25, 0.3) is 0 Å². The second-order valence-electron chi connectivity index (χ2n) is 9.68. The fourth-order valence-corrected chi connectivity index (χ4v) is 4.10. The lowest BCUT2D eigenvalue weighted by Gasteiger charge is -2.15. The summed E-state index contributed by atoms with van der Waals surface area (Å²) in [6.07, 6.45) is 21.2. The second kappa shape index (κ2) is 24.8. The van der Waals surface area contributed by atoms with Crippen molar-refractivity contribution >= 4 is 11.9 Å². The number of ether oxygens (including phenoxy) is 2. The zero-order chi connectivity index (χ0) is 25.3. The van der Waals surface area contributed by atoms with Crippen molar-refractivity contribution in [3.05, 3.63) is 11.1 Å². The third kappa shape index (κ3) is 18.1. The van der Waals surface area contributed by atoms with Crippen molar-refractivity contribution in [3.63, 3.8) is 0 Å². The van der Waals surface area contributed by atoms with E-state index in [9.17, 15) is 9.59 Å². The van der Waals surface area contributed by atoms with Crippen LogP contribution in [0.4, 0.5) is 0 Å². The van der Waals surface area contributed by atoms with Gasteiger partial charge in [0.15, 0.2) is 0 Å². The van der Waals surface area contributed by atoms with Gasteiger partial charge < -0.3 is 9.47 Å². The molecule has 4 nitrogen and oxygen atoms in total. The van der Waals surface area contributed by atoms with E-state index in [-0.39, 0.29) is 11.9 Å². The van der Waals surface area contributed by atoms with Crippen molar-refractivity contribution < 1.29 is 19.1 Å². The smallest absolute Gasteiger partial charge is 0.334 e. The van der Waals surface area contributed by atoms with Crippen LogP contribution < -0.4 is 0 Å². The zero-order valence-corrected chi connectivity index (χ0v) is 23.2. The third-order valence-corrected chi connectivity index (χ3v) is 6.38. The molecule has 0 aromatic heterocycles. The third-order valence-electron chi connectivity index (χ3n) is 6.38. The van der Waals surface area contributed by atoms with Gasteiger partial charge in [0.2, 0.25) is 0 Å². The SMILES string of the molecule is CCCCCCCCOC(=O)/C(CCCC)=C(/CCCCCC)C(=O)OCCCCCCCC. The maximum absolute atomic E-state index is 13.0. The van der Waals surface area contributed by atoms with Gasteiger partial charge in [-0.1, -0.05) is 118 Å². The number of unbranched alkanes of at least 4 members (excludes halogenated alkanes) is 14. The lowest BCUT2D eigenvalue weighted by Crippen LogP contribution is -2.18. The maximum atomic E-state index is 13.0. The van der Waals surface area contributed by atoms with Gasteiger partial charge in [0.1, 0.15) is 0 Å². The molecule has 0 spiro atoms. The van der Waals surface area contributed by atoms with Crippen LogP contribution in [-0.2, 0) is 19.1 Å². The molecule has 0 saturated carbocycles. The molecule has 0 saturated heterocycles. The van der Waals surface area contributed by atoms with E-state index in [4.69, 9.17) is 9.47 Å². The van der Waals surface area contributed by atoms with E-state index in [0.29, 0.717) is 37.2 Å². The van der Waals surface area contributed by atoms with Crippen LogP contribution in [0.1, 0.15) is 156 Å². The molecule has 4 heteroatoms. The van der Waals surface area contributed by atoms with E-state index in [1.807, 2.05) is 0 Å². The molecular formula is C30H56O4. The Kier molecular flexibility index (Phi) is 23.8. The second-order valence-corrected chi connectivity index (χ2v) is 9.68. The van der Waals surface area contributed by atoms with Gasteiger partial charge in [0, 0.05) is 11.1 Å². The first-order valence-corrected chi connectivity index (χ1v) is 14.7. The molecule has 34 heavy (non-hydrogen) atoms. The number of hydrogen-bond acceptors (Lipinski definition) is 4. The zero-order valence-electron chi connectivity index (χ0n) is 23.2. The minimum absolute atomic E-state index is 0.298. The van der Waals surface area contributed by atoms with E-state index >= 15 is 0 Å². The molecule has 0 unspecified atom stereocenters. The molecule has 0 bridgehead atoms. The number of hydrogen-bond donors (Lipinski definition) is 0. The van der Waals surface area contributed by atoms with Crippen LogP contribution in [0.5, 0.6) is 0 Å². The monoisotopic (exact) mass is 480 g/mol. The quantitative estimate of drug-likeness (QED) is 0.0784. The number of carbonyl (C=O) groups is 2. The molecule has 0 aromatic rings. The Morgan fingerprint density at radius 2 is 0.735 bits per heavy atom. The number of rotatable bonds is 24. The summed E-state index contributed by atoms with van der Waals surface area (Å²) in [7, 11) is 0. The van der Waals surface area contributed by atoms with Crippen LogP contribution in [-0.4, -0.2) is 25.2 Å². The molecule has 0 radical (unpaired) electrons. The van der Waals surface area contributed by atoms with Crippen LogP contribution in [0.25, 0.3) is 0 Å². The fourth-order valence-electron chi connectivity index (χ4n) is 4.10. The number of esters is 2. The van der Waals surface area contributed by atoms with E-state index in [0.717, 1.165) is 64.2 Å². The maximum Gasteiger partial charge on any atom is 0.334 e. The predicted molar refractivity (Wildman–Crippen MR) is 144 cm³/mol. The van der Waals surface area contributed by atoms with Crippen LogP contribution in [0, 0.1) is 0 Å². The molecular weight excluding hydrogens is 424 g/mol. The molecule has 0 aliphatic heterocycles. The van der Waals surface area contributed by atoms with Gasteiger partial charge >= 0.3 is 11.9 Å². The summed E-state index contributed by atoms with van der Waals surface area (Å²) in [6, 6.07) is 0. The molecule has 0 heterocycles. The molecule has 0 aromatic carbocycles. The Bertz CT molecular complexity index is 524. The minimum atomic E-state index is -0.302. The highest BCUT2D eigenvalue weighted by Gasteiger charge is 2.23. The van der Waals surface area contributed by atoms with Crippen LogP contribution in [0.2, 0.25) is 0 Å². The van der Waals surface area contributed by atoms with Crippen molar-refractivity contribution in [1.29, 1.82) is 0 Å². The number of carbonyl (C=O) groups excluding carboxylic acids is 2. The van der Waals surface area contributed by atoms with Gasteiger partial charge in [-0.25, -0.2) is 9.59 Å². The van der Waals surface area contributed by atoms with E-state index in [1.54, 1.807) is 0 Å². The van der Waals surface area contributed by atoms with E-state index in [2.05, 4.69) is 27.7 Å². The first-order valence-electron chi connectivity index (χ1n) is 14.7. The largest absolute Gasteiger partial charge is 0.462 e. The summed E-state index contributed by atoms with van der Waals surface area (Å²) < 4.78 is 11.3. The summed E-state index contributed by atoms with van der Waals surface area (Å²) in [5, 5.41) is 0. The van der Waals surface area contributed by atoms with Crippen molar-refractivity contribution in [2.75, 3.05) is 13.2 Å². The molecule has 200 valence electrons. The Hall–Kier alpha value is -1.32. The first kappa shape index (κ1) is 32.7. The average Bonchev–Trinajstić information content (AvgIpc) is 2.84. The molecule has 0 atom stereocenters. The minimum Gasteiger partial charge on any atom is -0.462 e. The highest BCUT2D eigenvalue weighted by Crippen LogP contribution is 2.22.